The van der Waals surface area contributed by atoms with Gasteiger partial charge in [0, 0.05) is 56.6 Å². The Morgan fingerprint density at radius 2 is 1.63 bits per heavy atom. The van der Waals surface area contributed by atoms with Crippen LogP contribution >= 0.6 is 11.6 Å². The molecule has 1 amide bonds. The third-order valence-electron chi connectivity index (χ3n) is 11.9. The van der Waals surface area contributed by atoms with Gasteiger partial charge in [0.25, 0.3) is 0 Å². The molecule has 302 valence electrons. The van der Waals surface area contributed by atoms with Gasteiger partial charge in [-0.15, -0.1) is 0 Å². The lowest BCUT2D eigenvalue weighted by Gasteiger charge is -2.46. The van der Waals surface area contributed by atoms with Crippen molar-refractivity contribution in [2.75, 3.05) is 52.9 Å². The van der Waals surface area contributed by atoms with Crippen LogP contribution in [0.2, 0.25) is 5.02 Å². The molecule has 4 aromatic rings. The number of aryl methyl sites for hydroxylation is 1. The zero-order valence-electron chi connectivity index (χ0n) is 33.2. The summed E-state index contributed by atoms with van der Waals surface area (Å²) in [5.41, 5.74) is 4.49. The average Bonchev–Trinajstić information content (AvgIpc) is 3.35. The van der Waals surface area contributed by atoms with Gasteiger partial charge in [-0.1, -0.05) is 54.6 Å². The molecule has 1 unspecified atom stereocenters. The summed E-state index contributed by atoms with van der Waals surface area (Å²) in [4.78, 5) is 16.6. The second-order valence-corrected chi connectivity index (χ2v) is 18.1. The zero-order chi connectivity index (χ0) is 40.3. The standard InChI is InChI=1S/C45H52ClN3O7S/c1-6-42(56-44(50)47(2)3)39-20-13-34(39)28-48-29-45(23-7-8-33-24-35(46)14-21-40(33)45)30-55-43-22-19-38(25-41(43)48)57(51,52)49(26-31-9-15-36(53-4)16-10-31)27-32-11-17-37(54-5)18-12-32/h6,9-12,14-19,21-22,24-25,34,39,42H,1,7-8,13,20,23,26-30H2,2-5H3/t34-,39+,42?,45-/m0/s1. The maximum atomic E-state index is 14.9. The predicted octanol–water partition coefficient (Wildman–Crippen LogP) is 8.50. The number of hydrogen-bond donors (Lipinski definition) is 0. The highest BCUT2D eigenvalue weighted by molar-refractivity contribution is 7.89. The number of rotatable bonds is 13. The Morgan fingerprint density at radius 3 is 2.21 bits per heavy atom. The van der Waals surface area contributed by atoms with E-state index >= 15 is 0 Å². The first-order valence-corrected chi connectivity index (χ1v) is 21.3. The molecule has 0 radical (unpaired) electrons. The molecule has 1 heterocycles. The van der Waals surface area contributed by atoms with E-state index in [0.29, 0.717) is 42.0 Å². The first-order chi connectivity index (χ1) is 27.4. The van der Waals surface area contributed by atoms with Gasteiger partial charge in [0.1, 0.15) is 23.4 Å². The Hall–Kier alpha value is -4.71. The molecule has 1 spiro atoms. The molecule has 7 rings (SSSR count). The Morgan fingerprint density at radius 1 is 0.965 bits per heavy atom. The minimum atomic E-state index is -4.06. The predicted molar refractivity (Wildman–Crippen MR) is 223 cm³/mol. The molecule has 57 heavy (non-hydrogen) atoms. The van der Waals surface area contributed by atoms with E-state index in [4.69, 9.17) is 30.5 Å². The lowest BCUT2D eigenvalue weighted by atomic mass is 9.68. The highest BCUT2D eigenvalue weighted by Crippen LogP contribution is 2.47. The van der Waals surface area contributed by atoms with Gasteiger partial charge in [0.2, 0.25) is 10.0 Å². The molecule has 0 bridgehead atoms. The molecule has 1 saturated carbocycles. The number of methoxy groups -OCH3 is 2. The van der Waals surface area contributed by atoms with E-state index in [1.807, 2.05) is 60.7 Å². The third kappa shape index (κ3) is 8.61. The molecule has 0 N–H and O–H groups in total. The van der Waals surface area contributed by atoms with Gasteiger partial charge in [-0.05, 0) is 115 Å². The average molecular weight is 814 g/mol. The highest BCUT2D eigenvalue weighted by Gasteiger charge is 2.45. The Labute approximate surface area is 342 Å². The molecule has 12 heteroatoms. The molecule has 10 nitrogen and oxygen atoms in total. The highest BCUT2D eigenvalue weighted by atomic mass is 35.5. The molecular weight excluding hydrogens is 762 g/mol. The first-order valence-electron chi connectivity index (χ1n) is 19.5. The van der Waals surface area contributed by atoms with E-state index in [-0.39, 0.29) is 35.2 Å². The van der Waals surface area contributed by atoms with E-state index in [1.165, 1.54) is 20.3 Å². The summed E-state index contributed by atoms with van der Waals surface area (Å²) in [6.45, 7) is 6.01. The summed E-state index contributed by atoms with van der Waals surface area (Å²) in [6.07, 6.45) is 5.56. The normalized spacial score (nSPS) is 20.6. The zero-order valence-corrected chi connectivity index (χ0v) is 34.7. The number of carbonyl (C=O) groups excluding carboxylic acids is 1. The van der Waals surface area contributed by atoms with E-state index in [0.717, 1.165) is 48.9 Å². The summed E-state index contributed by atoms with van der Waals surface area (Å²) in [6, 6.07) is 26.3. The topological polar surface area (TPSA) is 97.9 Å². The number of ether oxygens (including phenoxy) is 4. The second-order valence-electron chi connectivity index (χ2n) is 15.7. The minimum absolute atomic E-state index is 0.0730. The maximum absolute atomic E-state index is 14.9. The quantitative estimate of drug-likeness (QED) is 0.124. The van der Waals surface area contributed by atoms with Crippen LogP contribution < -0.4 is 19.1 Å². The molecule has 1 fully saturated rings. The van der Waals surface area contributed by atoms with Crippen LogP contribution in [0.25, 0.3) is 0 Å². The van der Waals surface area contributed by atoms with Crippen molar-refractivity contribution in [2.45, 2.75) is 61.6 Å². The number of anilines is 1. The van der Waals surface area contributed by atoms with Gasteiger partial charge in [-0.3, -0.25) is 0 Å². The van der Waals surface area contributed by atoms with Crippen LogP contribution in [-0.4, -0.2) is 77.8 Å². The van der Waals surface area contributed by atoms with E-state index in [2.05, 4.69) is 23.6 Å². The molecule has 4 atom stereocenters. The fraction of sp³-hybridized carbons (Fsp3) is 0.400. The van der Waals surface area contributed by atoms with Crippen molar-refractivity contribution in [3.63, 3.8) is 0 Å². The van der Waals surface area contributed by atoms with Crippen LogP contribution in [-0.2, 0) is 39.7 Å². The summed E-state index contributed by atoms with van der Waals surface area (Å²) in [5.74, 6) is 2.27. The minimum Gasteiger partial charge on any atom is -0.497 e. The number of carbonyl (C=O) groups is 1. The van der Waals surface area contributed by atoms with Crippen molar-refractivity contribution in [1.82, 2.24) is 9.21 Å². The molecule has 3 aliphatic rings. The molecular formula is C45H52ClN3O7S. The SMILES string of the molecule is C=CC(OC(=O)N(C)C)[C@@H]1CC[C@H]1CN1C[C@@]2(CCCc3cc(Cl)ccc32)COc2ccc(S(=O)(=O)N(Cc3ccc(OC)cc3)Cc3ccc(OC)cc3)cc21. The molecule has 1 aliphatic heterocycles. The van der Waals surface area contributed by atoms with Crippen LogP contribution in [0, 0.1) is 11.8 Å². The van der Waals surface area contributed by atoms with Crippen LogP contribution in [0.1, 0.15) is 47.9 Å². The molecule has 2 aliphatic carbocycles. The van der Waals surface area contributed by atoms with E-state index in [9.17, 15) is 13.2 Å². The van der Waals surface area contributed by atoms with Gasteiger partial charge < -0.3 is 28.7 Å². The van der Waals surface area contributed by atoms with Crippen molar-refractivity contribution in [3.05, 3.63) is 125 Å². The Bertz CT molecular complexity index is 2130. The Kier molecular flexibility index (Phi) is 12.1. The van der Waals surface area contributed by atoms with Crippen molar-refractivity contribution in [2.24, 2.45) is 11.8 Å². The van der Waals surface area contributed by atoms with E-state index in [1.54, 1.807) is 46.5 Å². The number of sulfonamides is 1. The fourth-order valence-corrected chi connectivity index (χ4v) is 10.2. The van der Waals surface area contributed by atoms with Gasteiger partial charge >= 0.3 is 6.09 Å². The molecule has 0 saturated heterocycles. The summed E-state index contributed by atoms with van der Waals surface area (Å²) in [5, 5.41) is 0.712. The van der Waals surface area contributed by atoms with Crippen molar-refractivity contribution >= 4 is 33.4 Å². The van der Waals surface area contributed by atoms with Crippen LogP contribution in [0.5, 0.6) is 17.2 Å². The van der Waals surface area contributed by atoms with Crippen LogP contribution in [0.15, 0.2) is 102 Å². The number of benzene rings is 4. The Balaban J connectivity index is 1.26. The summed E-state index contributed by atoms with van der Waals surface area (Å²) >= 11 is 6.50. The number of halogens is 1. The summed E-state index contributed by atoms with van der Waals surface area (Å²) < 4.78 is 54.7. The van der Waals surface area contributed by atoms with Gasteiger partial charge in [-0.2, -0.15) is 4.31 Å². The number of nitrogens with zero attached hydrogens (tertiary/aromatic N) is 3. The van der Waals surface area contributed by atoms with Gasteiger partial charge in [0.15, 0.2) is 0 Å². The fourth-order valence-electron chi connectivity index (χ4n) is 8.57. The van der Waals surface area contributed by atoms with Crippen LogP contribution in [0.4, 0.5) is 10.5 Å². The van der Waals surface area contributed by atoms with Crippen molar-refractivity contribution < 1.29 is 32.2 Å². The van der Waals surface area contributed by atoms with Crippen molar-refractivity contribution in [3.8, 4) is 17.2 Å². The smallest absolute Gasteiger partial charge is 0.409 e. The number of hydrogen-bond acceptors (Lipinski definition) is 8. The summed E-state index contributed by atoms with van der Waals surface area (Å²) in [7, 11) is 2.50. The molecule has 4 aromatic carbocycles. The van der Waals surface area contributed by atoms with Gasteiger partial charge in [-0.25, -0.2) is 13.2 Å². The van der Waals surface area contributed by atoms with E-state index < -0.39 is 22.2 Å². The largest absolute Gasteiger partial charge is 0.497 e. The van der Waals surface area contributed by atoms with Gasteiger partial charge in [0.05, 0.1) is 31.4 Å². The van der Waals surface area contributed by atoms with Crippen LogP contribution in [0.3, 0.4) is 0 Å². The third-order valence-corrected chi connectivity index (χ3v) is 13.9. The second kappa shape index (κ2) is 17.0. The maximum Gasteiger partial charge on any atom is 0.409 e. The number of amides is 1. The van der Waals surface area contributed by atoms with Crippen molar-refractivity contribution in [1.29, 1.82) is 0 Å². The molecule has 0 aromatic heterocycles. The lowest BCUT2D eigenvalue weighted by Crippen LogP contribution is -2.50. The monoisotopic (exact) mass is 813 g/mol. The first kappa shape index (κ1) is 40.5. The number of fused-ring (bicyclic) bond motifs is 3. The lowest BCUT2D eigenvalue weighted by molar-refractivity contribution is 0.0143.